The van der Waals surface area contributed by atoms with Crippen LogP contribution in [0.5, 0.6) is 5.75 Å². The molecule has 2 aromatic heterocycles. The molecule has 4 rings (SSSR count). The van der Waals surface area contributed by atoms with Crippen LogP contribution in [0.25, 0.3) is 21.8 Å². The lowest BCUT2D eigenvalue weighted by atomic mass is 10.1. The number of pyridine rings is 2. The predicted molar refractivity (Wildman–Crippen MR) is 122 cm³/mol. The number of aromatic nitrogens is 2. The summed E-state index contributed by atoms with van der Waals surface area (Å²) < 4.78 is 4.71. The highest BCUT2D eigenvalue weighted by atomic mass is 35.5. The van der Waals surface area contributed by atoms with Gasteiger partial charge in [0.1, 0.15) is 5.75 Å². The van der Waals surface area contributed by atoms with Gasteiger partial charge in [0.2, 0.25) is 0 Å². The van der Waals surface area contributed by atoms with Crippen LogP contribution in [0, 0.1) is 0 Å². The molecular weight excluding hydrogens is 479 g/mol. The van der Waals surface area contributed by atoms with Crippen molar-refractivity contribution in [3.63, 3.8) is 0 Å². The molecule has 0 radical (unpaired) electrons. The van der Waals surface area contributed by atoms with Gasteiger partial charge in [-0.3, -0.25) is 29.1 Å². The molecule has 32 heavy (non-hydrogen) atoms. The first-order valence-corrected chi connectivity index (χ1v) is 9.84. The zero-order chi connectivity index (χ0) is 23.5. The lowest BCUT2D eigenvalue weighted by Crippen LogP contribution is -1.94. The molecule has 2 aromatic carbocycles. The van der Waals surface area contributed by atoms with Gasteiger partial charge in [-0.2, -0.15) is 0 Å². The van der Waals surface area contributed by atoms with Crippen molar-refractivity contribution in [2.45, 2.75) is 0 Å². The fourth-order valence-electron chi connectivity index (χ4n) is 2.38. The number of hydrogen-bond donors (Lipinski definition) is 0. The summed E-state index contributed by atoms with van der Waals surface area (Å²) in [5.41, 5.74) is 2.26. The molecule has 0 fully saturated rings. The van der Waals surface area contributed by atoms with Crippen molar-refractivity contribution in [2.24, 2.45) is 0 Å². The van der Waals surface area contributed by atoms with E-state index in [0.29, 0.717) is 17.8 Å². The van der Waals surface area contributed by atoms with Gasteiger partial charge in [-0.1, -0.05) is 12.1 Å². The van der Waals surface area contributed by atoms with E-state index in [4.69, 9.17) is 16.3 Å². The molecule has 162 valence electrons. The van der Waals surface area contributed by atoms with Crippen molar-refractivity contribution in [2.75, 3.05) is 0 Å². The summed E-state index contributed by atoms with van der Waals surface area (Å²) in [6, 6.07) is 18.0. The van der Waals surface area contributed by atoms with Crippen molar-refractivity contribution < 1.29 is 23.9 Å². The van der Waals surface area contributed by atoms with E-state index in [2.05, 4.69) is 33.2 Å². The number of benzene rings is 2. The second kappa shape index (κ2) is 12.5. The third-order valence-corrected chi connectivity index (χ3v) is 4.40. The van der Waals surface area contributed by atoms with Gasteiger partial charge >= 0.3 is 10.5 Å². The number of rotatable bonds is 4. The van der Waals surface area contributed by atoms with E-state index in [9.17, 15) is 19.2 Å². The van der Waals surface area contributed by atoms with Crippen molar-refractivity contribution in [3.05, 3.63) is 78.6 Å². The normalized spacial score (nSPS) is 9.59. The van der Waals surface area contributed by atoms with E-state index in [0.717, 1.165) is 21.8 Å². The molecule has 0 aliphatic carbocycles. The largest absolute Gasteiger partial charge is 0.429 e. The Morgan fingerprint density at radius 2 is 1.28 bits per heavy atom. The Kier molecular flexibility index (Phi) is 9.69. The molecular formula is C22H13Cl3N2O5. The van der Waals surface area contributed by atoms with Gasteiger partial charge in [0.25, 0.3) is 11.7 Å². The van der Waals surface area contributed by atoms with Crippen LogP contribution in [0.1, 0.15) is 10.4 Å². The Balaban J connectivity index is 0.000000183. The van der Waals surface area contributed by atoms with Gasteiger partial charge in [-0.15, -0.1) is 0 Å². The van der Waals surface area contributed by atoms with Crippen LogP contribution in [0.15, 0.2) is 73.1 Å². The summed E-state index contributed by atoms with van der Waals surface area (Å²) in [6.45, 7) is 0.414. The molecule has 10 heteroatoms. The molecule has 0 aliphatic rings. The molecule has 0 N–H and O–H groups in total. The average molecular weight is 492 g/mol. The molecule has 0 spiro atoms. The quantitative estimate of drug-likeness (QED) is 0.227. The first-order valence-electron chi connectivity index (χ1n) is 8.71. The minimum atomic E-state index is -1.14. The Labute approximate surface area is 196 Å². The third kappa shape index (κ3) is 7.70. The number of carbonyl (C=O) groups is 4. The van der Waals surface area contributed by atoms with Crippen LogP contribution in [0.2, 0.25) is 0 Å². The van der Waals surface area contributed by atoms with Gasteiger partial charge in [-0.05, 0) is 83.3 Å². The summed E-state index contributed by atoms with van der Waals surface area (Å²) in [6.07, 6.45) is 3.44. The fraction of sp³-hybridized carbons (Fsp3) is 0. The minimum Gasteiger partial charge on any atom is -0.429 e. The number of halogens is 3. The smallest absolute Gasteiger partial charge is 0.304 e. The fourth-order valence-corrected chi connectivity index (χ4v) is 2.50. The van der Waals surface area contributed by atoms with Crippen molar-refractivity contribution >= 4 is 78.8 Å². The lowest BCUT2D eigenvalue weighted by Gasteiger charge is -1.99. The molecule has 4 aromatic rings. The van der Waals surface area contributed by atoms with Gasteiger partial charge in [0.05, 0.1) is 11.0 Å². The third-order valence-electron chi connectivity index (χ3n) is 3.74. The number of carbonyl (C=O) groups excluding carboxylic acids is 4. The van der Waals surface area contributed by atoms with Crippen LogP contribution in [-0.4, -0.2) is 32.2 Å². The van der Waals surface area contributed by atoms with Crippen LogP contribution >= 0.6 is 34.8 Å². The minimum absolute atomic E-state index is 0.414. The molecule has 0 bridgehead atoms. The molecule has 7 nitrogen and oxygen atoms in total. The van der Waals surface area contributed by atoms with Crippen molar-refractivity contribution in [1.29, 1.82) is 0 Å². The highest BCUT2D eigenvalue weighted by molar-refractivity contribution is 6.97. The van der Waals surface area contributed by atoms with E-state index in [1.54, 1.807) is 42.7 Å². The van der Waals surface area contributed by atoms with Crippen LogP contribution < -0.4 is 4.74 Å². The predicted octanol–water partition coefficient (Wildman–Crippen LogP) is 4.90. The highest BCUT2D eigenvalue weighted by Crippen LogP contribution is 2.18. The van der Waals surface area contributed by atoms with Crippen molar-refractivity contribution in [3.8, 4) is 5.75 Å². The van der Waals surface area contributed by atoms with Crippen LogP contribution in [-0.2, 0) is 14.4 Å². The maximum atomic E-state index is 10.8. The van der Waals surface area contributed by atoms with E-state index in [-0.39, 0.29) is 0 Å². The molecule has 2 heterocycles. The SMILES string of the molecule is O=C(Cl)C(=O)Cl.O=C(Cl)c1ccc2ncccc2c1.O=COc1ccc2ncccc2c1. The van der Waals surface area contributed by atoms with Crippen LogP contribution in [0.4, 0.5) is 0 Å². The molecule has 0 amide bonds. The Bertz CT molecular complexity index is 1270. The number of fused-ring (bicyclic) bond motifs is 2. The average Bonchev–Trinajstić information content (AvgIpc) is 2.79. The van der Waals surface area contributed by atoms with Gasteiger partial charge < -0.3 is 4.74 Å². The summed E-state index contributed by atoms with van der Waals surface area (Å²) in [4.78, 5) is 48.0. The monoisotopic (exact) mass is 490 g/mol. The second-order valence-corrected chi connectivity index (χ2v) is 6.83. The Morgan fingerprint density at radius 3 is 1.78 bits per heavy atom. The van der Waals surface area contributed by atoms with Gasteiger partial charge in [0.15, 0.2) is 0 Å². The lowest BCUT2D eigenvalue weighted by molar-refractivity contribution is -0.127. The van der Waals surface area contributed by atoms with Crippen LogP contribution in [0.3, 0.4) is 0 Å². The van der Waals surface area contributed by atoms with E-state index in [1.165, 1.54) is 0 Å². The van der Waals surface area contributed by atoms with Crippen molar-refractivity contribution in [1.82, 2.24) is 9.97 Å². The second-order valence-electron chi connectivity index (χ2n) is 5.80. The number of hydrogen-bond acceptors (Lipinski definition) is 7. The van der Waals surface area contributed by atoms with E-state index in [1.807, 2.05) is 30.3 Å². The maximum absolute atomic E-state index is 10.8. The molecule has 0 unspecified atom stereocenters. The standard InChI is InChI=1S/C10H6ClNO.C10H7NO2.C2Cl2O2/c11-10(13)8-3-4-9-7(6-8)2-1-5-12-9;12-7-13-9-3-4-10-8(6-9)2-1-5-11-10;3-1(5)2(4)6/h1-6H;1-7H;. The molecule has 0 atom stereocenters. The first kappa shape index (κ1) is 24.9. The van der Waals surface area contributed by atoms with E-state index < -0.39 is 15.7 Å². The Hall–Kier alpha value is -3.39. The summed E-state index contributed by atoms with van der Waals surface area (Å²) in [7, 11) is 0. The highest BCUT2D eigenvalue weighted by Gasteiger charge is 2.02. The topological polar surface area (TPSA) is 103 Å². The maximum Gasteiger partial charge on any atom is 0.304 e. The molecule has 0 saturated heterocycles. The first-order chi connectivity index (χ1) is 15.3. The zero-order valence-electron chi connectivity index (χ0n) is 16.1. The van der Waals surface area contributed by atoms with E-state index >= 15 is 0 Å². The molecule has 0 aliphatic heterocycles. The zero-order valence-corrected chi connectivity index (χ0v) is 18.3. The molecule has 0 saturated carbocycles. The Morgan fingerprint density at radius 1 is 0.750 bits per heavy atom. The number of nitrogens with zero attached hydrogens (tertiary/aromatic N) is 2. The van der Waals surface area contributed by atoms with Gasteiger partial charge in [0, 0.05) is 28.7 Å². The summed E-state index contributed by atoms with van der Waals surface area (Å²) in [5.74, 6) is 0.538. The van der Waals surface area contributed by atoms with Gasteiger partial charge in [-0.25, -0.2) is 0 Å². The number of ether oxygens (including phenoxy) is 1. The summed E-state index contributed by atoms with van der Waals surface area (Å²) >= 11 is 14.3. The summed E-state index contributed by atoms with van der Waals surface area (Å²) in [5, 5.41) is -0.838.